The molecular formula is C16H20N2OS. The van der Waals surface area contributed by atoms with Crippen LogP contribution < -0.4 is 9.80 Å². The number of morpholine rings is 1. The summed E-state index contributed by atoms with van der Waals surface area (Å²) >= 11 is 1.81. The maximum Gasteiger partial charge on any atom is 0.0642 e. The molecule has 0 saturated carbocycles. The molecule has 0 aliphatic carbocycles. The highest BCUT2D eigenvalue weighted by molar-refractivity contribution is 7.14. The second-order valence-corrected chi connectivity index (χ2v) is 6.12. The molecule has 1 aromatic heterocycles. The SMILES string of the molecule is CN(C)c1ccc(-c2cc(N3CCOCC3)cs2)cc1. The first-order valence-electron chi connectivity index (χ1n) is 6.93. The molecule has 0 atom stereocenters. The number of rotatable bonds is 3. The van der Waals surface area contributed by atoms with Gasteiger partial charge in [-0.1, -0.05) is 12.1 Å². The van der Waals surface area contributed by atoms with Gasteiger partial charge in [-0.3, -0.25) is 0 Å². The van der Waals surface area contributed by atoms with Gasteiger partial charge in [-0.15, -0.1) is 11.3 Å². The van der Waals surface area contributed by atoms with Crippen molar-refractivity contribution >= 4 is 22.7 Å². The van der Waals surface area contributed by atoms with E-state index in [0.29, 0.717) is 0 Å². The van der Waals surface area contributed by atoms with Crippen molar-refractivity contribution in [1.29, 1.82) is 0 Å². The van der Waals surface area contributed by atoms with Crippen LogP contribution in [0.4, 0.5) is 11.4 Å². The number of nitrogens with zero attached hydrogens (tertiary/aromatic N) is 2. The maximum absolute atomic E-state index is 5.41. The maximum atomic E-state index is 5.41. The lowest BCUT2D eigenvalue weighted by atomic mass is 10.1. The van der Waals surface area contributed by atoms with Crippen LogP contribution in [0.3, 0.4) is 0 Å². The summed E-state index contributed by atoms with van der Waals surface area (Å²) in [7, 11) is 4.13. The number of hydrogen-bond donors (Lipinski definition) is 0. The molecule has 4 heteroatoms. The summed E-state index contributed by atoms with van der Waals surface area (Å²) in [6.07, 6.45) is 0. The number of hydrogen-bond acceptors (Lipinski definition) is 4. The lowest BCUT2D eigenvalue weighted by Crippen LogP contribution is -2.35. The predicted molar refractivity (Wildman–Crippen MR) is 87.1 cm³/mol. The van der Waals surface area contributed by atoms with E-state index in [-0.39, 0.29) is 0 Å². The van der Waals surface area contributed by atoms with Crippen molar-refractivity contribution in [3.8, 4) is 10.4 Å². The predicted octanol–water partition coefficient (Wildman–Crippen LogP) is 3.32. The molecule has 1 saturated heterocycles. The van der Waals surface area contributed by atoms with Crippen molar-refractivity contribution in [3.63, 3.8) is 0 Å². The molecule has 1 aromatic carbocycles. The van der Waals surface area contributed by atoms with Gasteiger partial charge in [0.15, 0.2) is 0 Å². The van der Waals surface area contributed by atoms with E-state index in [0.717, 1.165) is 26.3 Å². The molecule has 0 bridgehead atoms. The van der Waals surface area contributed by atoms with E-state index in [4.69, 9.17) is 4.74 Å². The molecule has 1 aliphatic heterocycles. The van der Waals surface area contributed by atoms with Crippen LogP contribution >= 0.6 is 11.3 Å². The van der Waals surface area contributed by atoms with E-state index in [1.165, 1.54) is 21.8 Å². The minimum Gasteiger partial charge on any atom is -0.378 e. The Labute approximate surface area is 124 Å². The molecule has 106 valence electrons. The van der Waals surface area contributed by atoms with Gasteiger partial charge in [-0.05, 0) is 23.8 Å². The van der Waals surface area contributed by atoms with Crippen LogP contribution in [0.5, 0.6) is 0 Å². The topological polar surface area (TPSA) is 15.7 Å². The van der Waals surface area contributed by atoms with E-state index in [1.54, 1.807) is 0 Å². The van der Waals surface area contributed by atoms with Crippen molar-refractivity contribution in [3.05, 3.63) is 35.7 Å². The fraction of sp³-hybridized carbons (Fsp3) is 0.375. The molecule has 1 fully saturated rings. The summed E-state index contributed by atoms with van der Waals surface area (Å²) in [6, 6.07) is 11.0. The number of thiophene rings is 1. The summed E-state index contributed by atoms with van der Waals surface area (Å²) in [5.41, 5.74) is 3.85. The standard InChI is InChI=1S/C16H20N2OS/c1-17(2)14-5-3-13(4-6-14)16-11-15(12-20-16)18-7-9-19-10-8-18/h3-6,11-12H,7-10H2,1-2H3. The third-order valence-electron chi connectivity index (χ3n) is 3.63. The molecule has 2 aromatic rings. The third kappa shape index (κ3) is 2.81. The Bertz CT molecular complexity index is 556. The summed E-state index contributed by atoms with van der Waals surface area (Å²) in [4.78, 5) is 5.85. The number of anilines is 2. The van der Waals surface area contributed by atoms with Gasteiger partial charge in [-0.25, -0.2) is 0 Å². The highest BCUT2D eigenvalue weighted by Gasteiger charge is 2.13. The van der Waals surface area contributed by atoms with E-state index < -0.39 is 0 Å². The molecule has 20 heavy (non-hydrogen) atoms. The Morgan fingerprint density at radius 1 is 1.10 bits per heavy atom. The van der Waals surface area contributed by atoms with Gasteiger partial charge in [-0.2, -0.15) is 0 Å². The largest absolute Gasteiger partial charge is 0.378 e. The Kier molecular flexibility index (Phi) is 3.94. The van der Waals surface area contributed by atoms with Gasteiger partial charge >= 0.3 is 0 Å². The summed E-state index contributed by atoms with van der Waals surface area (Å²) in [6.45, 7) is 3.66. The first-order valence-corrected chi connectivity index (χ1v) is 7.81. The van der Waals surface area contributed by atoms with Crippen LogP contribution in [0.25, 0.3) is 10.4 Å². The lowest BCUT2D eigenvalue weighted by molar-refractivity contribution is 0.123. The van der Waals surface area contributed by atoms with E-state index >= 15 is 0 Å². The Balaban J connectivity index is 1.78. The van der Waals surface area contributed by atoms with Crippen molar-refractivity contribution in [2.45, 2.75) is 0 Å². The third-order valence-corrected chi connectivity index (χ3v) is 4.60. The van der Waals surface area contributed by atoms with Gasteiger partial charge in [0.2, 0.25) is 0 Å². The van der Waals surface area contributed by atoms with Gasteiger partial charge < -0.3 is 14.5 Å². The quantitative estimate of drug-likeness (QED) is 0.861. The molecule has 2 heterocycles. The van der Waals surface area contributed by atoms with Gasteiger partial charge in [0.25, 0.3) is 0 Å². The average Bonchev–Trinajstić information content (AvgIpc) is 2.98. The molecule has 0 unspecified atom stereocenters. The van der Waals surface area contributed by atoms with Crippen LogP contribution in [0.1, 0.15) is 0 Å². The van der Waals surface area contributed by atoms with Crippen molar-refractivity contribution in [2.24, 2.45) is 0 Å². The average molecular weight is 288 g/mol. The molecule has 0 amide bonds. The molecule has 0 N–H and O–H groups in total. The minimum atomic E-state index is 0.836. The lowest BCUT2D eigenvalue weighted by Gasteiger charge is -2.27. The monoisotopic (exact) mass is 288 g/mol. The van der Waals surface area contributed by atoms with Crippen molar-refractivity contribution < 1.29 is 4.74 Å². The van der Waals surface area contributed by atoms with Crippen LogP contribution in [-0.4, -0.2) is 40.4 Å². The normalized spacial score (nSPS) is 15.4. The van der Waals surface area contributed by atoms with Crippen molar-refractivity contribution in [1.82, 2.24) is 0 Å². The second-order valence-electron chi connectivity index (χ2n) is 5.21. The smallest absolute Gasteiger partial charge is 0.0642 e. The van der Waals surface area contributed by atoms with Gasteiger partial charge in [0.05, 0.1) is 13.2 Å². The molecule has 0 spiro atoms. The second kappa shape index (κ2) is 5.85. The van der Waals surface area contributed by atoms with Gasteiger partial charge in [0, 0.05) is 48.8 Å². The van der Waals surface area contributed by atoms with Crippen LogP contribution in [0.15, 0.2) is 35.7 Å². The molecule has 3 nitrogen and oxygen atoms in total. The minimum absolute atomic E-state index is 0.836. The zero-order valence-corrected chi connectivity index (χ0v) is 12.8. The number of ether oxygens (including phenoxy) is 1. The van der Waals surface area contributed by atoms with Crippen LogP contribution in [-0.2, 0) is 4.74 Å². The fourth-order valence-corrected chi connectivity index (χ4v) is 3.31. The Hall–Kier alpha value is -1.52. The first kappa shape index (κ1) is 13.5. The molecule has 3 rings (SSSR count). The zero-order chi connectivity index (χ0) is 13.9. The zero-order valence-electron chi connectivity index (χ0n) is 12.0. The number of benzene rings is 1. The van der Waals surface area contributed by atoms with E-state index in [9.17, 15) is 0 Å². The molecule has 0 radical (unpaired) electrons. The van der Waals surface area contributed by atoms with Crippen LogP contribution in [0, 0.1) is 0 Å². The highest BCUT2D eigenvalue weighted by atomic mass is 32.1. The first-order chi connectivity index (χ1) is 9.74. The van der Waals surface area contributed by atoms with E-state index in [1.807, 2.05) is 11.3 Å². The molecular weight excluding hydrogens is 268 g/mol. The Morgan fingerprint density at radius 2 is 1.80 bits per heavy atom. The highest BCUT2D eigenvalue weighted by Crippen LogP contribution is 2.32. The fourth-order valence-electron chi connectivity index (χ4n) is 2.39. The Morgan fingerprint density at radius 3 is 2.45 bits per heavy atom. The molecule has 1 aliphatic rings. The summed E-state index contributed by atoms with van der Waals surface area (Å²) in [5.74, 6) is 0. The van der Waals surface area contributed by atoms with E-state index in [2.05, 4.69) is 59.6 Å². The van der Waals surface area contributed by atoms with Crippen LogP contribution in [0.2, 0.25) is 0 Å². The van der Waals surface area contributed by atoms with Gasteiger partial charge in [0.1, 0.15) is 0 Å². The van der Waals surface area contributed by atoms with Crippen molar-refractivity contribution in [2.75, 3.05) is 50.2 Å². The summed E-state index contributed by atoms with van der Waals surface area (Å²) in [5, 5.41) is 2.25. The summed E-state index contributed by atoms with van der Waals surface area (Å²) < 4.78 is 5.41.